The van der Waals surface area contributed by atoms with Crippen LogP contribution in [0.15, 0.2) is 70.5 Å². The molecule has 1 atom stereocenters. The molecule has 0 fully saturated rings. The van der Waals surface area contributed by atoms with Crippen molar-refractivity contribution in [3.05, 3.63) is 78.1 Å². The van der Waals surface area contributed by atoms with Crippen molar-refractivity contribution in [2.24, 2.45) is 5.10 Å². The summed E-state index contributed by atoms with van der Waals surface area (Å²) in [6.45, 7) is 1.41. The normalized spacial score (nSPS) is 15.9. The number of oxazole rings is 1. The number of benzene rings is 2. The number of hydrogen-bond donors (Lipinski definition) is 1. The van der Waals surface area contributed by atoms with Gasteiger partial charge in [-0.05, 0) is 17.7 Å². The van der Waals surface area contributed by atoms with Gasteiger partial charge in [0.05, 0.1) is 0 Å². The first-order chi connectivity index (χ1) is 14.0. The van der Waals surface area contributed by atoms with E-state index in [9.17, 15) is 14.0 Å². The number of thioether (sulfide) groups is 1. The summed E-state index contributed by atoms with van der Waals surface area (Å²) in [6.07, 6.45) is 1.12. The highest BCUT2D eigenvalue weighted by Gasteiger charge is 2.33. The van der Waals surface area contributed by atoms with E-state index in [4.69, 9.17) is 4.42 Å². The van der Waals surface area contributed by atoms with Gasteiger partial charge in [0.15, 0.2) is 23.0 Å². The Bertz CT molecular complexity index is 1100. The molecule has 1 aliphatic rings. The van der Waals surface area contributed by atoms with Gasteiger partial charge in [-0.25, -0.2) is 14.4 Å². The van der Waals surface area contributed by atoms with Crippen LogP contribution in [0, 0.1) is 5.82 Å². The van der Waals surface area contributed by atoms with Gasteiger partial charge in [0.25, 0.3) is 5.91 Å². The van der Waals surface area contributed by atoms with Crippen molar-refractivity contribution in [1.29, 1.82) is 0 Å². The van der Waals surface area contributed by atoms with Crippen molar-refractivity contribution in [2.45, 2.75) is 12.3 Å². The van der Waals surface area contributed by atoms with Crippen LogP contribution in [-0.4, -0.2) is 27.0 Å². The summed E-state index contributed by atoms with van der Waals surface area (Å²) in [7, 11) is 0. The van der Waals surface area contributed by atoms with E-state index in [0.717, 1.165) is 12.0 Å². The maximum atomic E-state index is 13.5. The lowest BCUT2D eigenvalue weighted by atomic mass is 10.1. The SMILES string of the molecule is CC(=O)N1N=C(NC(=O)c2ncoc2-c2cccc(F)c2)SC1c1ccccc1. The number of aromatic nitrogens is 1. The minimum atomic E-state index is -0.568. The van der Waals surface area contributed by atoms with Crippen molar-refractivity contribution in [1.82, 2.24) is 15.3 Å². The summed E-state index contributed by atoms with van der Waals surface area (Å²) < 4.78 is 18.8. The standard InChI is InChI=1S/C20H15FN4O3S/c1-12(26)25-19(13-6-3-2-4-7-13)29-20(24-25)23-18(27)16-17(28-11-22-16)14-8-5-9-15(21)10-14/h2-11,19H,1H3,(H,23,24,27). The smallest absolute Gasteiger partial charge is 0.279 e. The molecule has 3 aromatic rings. The first-order valence-electron chi connectivity index (χ1n) is 8.63. The minimum absolute atomic E-state index is 0.00330. The van der Waals surface area contributed by atoms with E-state index in [0.29, 0.717) is 5.56 Å². The highest BCUT2D eigenvalue weighted by Crippen LogP contribution is 2.38. The van der Waals surface area contributed by atoms with Gasteiger partial charge in [0.2, 0.25) is 5.91 Å². The fourth-order valence-electron chi connectivity index (χ4n) is 2.85. The second-order valence-electron chi connectivity index (χ2n) is 6.14. The van der Waals surface area contributed by atoms with E-state index >= 15 is 0 Å². The number of nitrogens with one attached hydrogen (secondary N) is 1. The van der Waals surface area contributed by atoms with Crippen molar-refractivity contribution < 1.29 is 18.4 Å². The largest absolute Gasteiger partial charge is 0.443 e. The van der Waals surface area contributed by atoms with Gasteiger partial charge in [-0.15, -0.1) is 5.10 Å². The molecule has 0 saturated carbocycles. The van der Waals surface area contributed by atoms with Crippen LogP contribution in [0.25, 0.3) is 11.3 Å². The van der Waals surface area contributed by atoms with E-state index in [1.165, 1.54) is 41.9 Å². The predicted molar refractivity (Wildman–Crippen MR) is 106 cm³/mol. The molecular formula is C20H15FN4O3S. The quantitative estimate of drug-likeness (QED) is 0.710. The fraction of sp³-hybridized carbons (Fsp3) is 0.100. The zero-order valence-electron chi connectivity index (χ0n) is 15.2. The third kappa shape index (κ3) is 3.90. The van der Waals surface area contributed by atoms with E-state index in [1.54, 1.807) is 6.07 Å². The van der Waals surface area contributed by atoms with Crippen LogP contribution in [-0.2, 0) is 4.79 Å². The molecule has 2 heterocycles. The molecule has 0 aliphatic carbocycles. The Morgan fingerprint density at radius 1 is 1.17 bits per heavy atom. The number of nitrogens with zero attached hydrogens (tertiary/aromatic N) is 3. The number of hydrogen-bond acceptors (Lipinski definition) is 6. The van der Waals surface area contributed by atoms with Gasteiger partial charge in [-0.2, -0.15) is 0 Å². The molecule has 0 radical (unpaired) electrons. The topological polar surface area (TPSA) is 87.8 Å². The van der Waals surface area contributed by atoms with Gasteiger partial charge < -0.3 is 4.42 Å². The number of hydrazone groups is 1. The molecule has 1 N–H and O–H groups in total. The summed E-state index contributed by atoms with van der Waals surface area (Å²) >= 11 is 1.23. The van der Waals surface area contributed by atoms with Gasteiger partial charge in [0, 0.05) is 12.5 Å². The molecule has 1 aliphatic heterocycles. The van der Waals surface area contributed by atoms with Crippen LogP contribution >= 0.6 is 11.8 Å². The molecule has 1 aromatic heterocycles. The fourth-order valence-corrected chi connectivity index (χ4v) is 3.93. The summed E-state index contributed by atoms with van der Waals surface area (Å²) in [5.41, 5.74) is 1.26. The zero-order valence-corrected chi connectivity index (χ0v) is 16.0. The lowest BCUT2D eigenvalue weighted by Crippen LogP contribution is -2.28. The Labute approximate surface area is 169 Å². The van der Waals surface area contributed by atoms with Crippen LogP contribution in [0.3, 0.4) is 0 Å². The predicted octanol–water partition coefficient (Wildman–Crippen LogP) is 3.78. The van der Waals surface area contributed by atoms with Gasteiger partial charge in [-0.3, -0.25) is 14.9 Å². The Kier molecular flexibility index (Phi) is 5.13. The third-order valence-electron chi connectivity index (χ3n) is 4.14. The minimum Gasteiger partial charge on any atom is -0.443 e. The molecular weight excluding hydrogens is 395 g/mol. The van der Waals surface area contributed by atoms with E-state index in [-0.39, 0.29) is 27.9 Å². The summed E-state index contributed by atoms with van der Waals surface area (Å²) in [4.78, 5) is 28.7. The molecule has 1 unspecified atom stereocenters. The monoisotopic (exact) mass is 410 g/mol. The Morgan fingerprint density at radius 3 is 2.69 bits per heavy atom. The van der Waals surface area contributed by atoms with E-state index in [1.807, 2.05) is 30.3 Å². The number of halogens is 1. The van der Waals surface area contributed by atoms with Gasteiger partial charge in [-0.1, -0.05) is 54.2 Å². The Morgan fingerprint density at radius 2 is 1.97 bits per heavy atom. The molecule has 2 aromatic carbocycles. The highest BCUT2D eigenvalue weighted by atomic mass is 32.2. The number of amides is 2. The lowest BCUT2D eigenvalue weighted by Gasteiger charge is -2.18. The van der Waals surface area contributed by atoms with Gasteiger partial charge >= 0.3 is 0 Å². The molecule has 146 valence electrons. The van der Waals surface area contributed by atoms with Crippen LogP contribution in [0.1, 0.15) is 28.3 Å². The summed E-state index contributed by atoms with van der Waals surface area (Å²) in [6, 6.07) is 15.1. The van der Waals surface area contributed by atoms with E-state index in [2.05, 4.69) is 15.4 Å². The first-order valence-corrected chi connectivity index (χ1v) is 9.51. The first kappa shape index (κ1) is 18.9. The second-order valence-corrected chi connectivity index (χ2v) is 7.21. The third-order valence-corrected chi connectivity index (χ3v) is 5.24. The average Bonchev–Trinajstić information content (AvgIpc) is 3.36. The van der Waals surface area contributed by atoms with Crippen LogP contribution in [0.4, 0.5) is 4.39 Å². The van der Waals surface area contributed by atoms with Crippen LogP contribution < -0.4 is 5.32 Å². The Hall–Kier alpha value is -3.46. The number of carbonyl (C=O) groups excluding carboxylic acids is 2. The average molecular weight is 410 g/mol. The van der Waals surface area contributed by atoms with Crippen LogP contribution in [0.2, 0.25) is 0 Å². The van der Waals surface area contributed by atoms with Crippen molar-refractivity contribution >= 4 is 28.7 Å². The van der Waals surface area contributed by atoms with Gasteiger partial charge in [0.1, 0.15) is 11.2 Å². The number of carbonyl (C=O) groups is 2. The molecule has 2 amide bonds. The van der Waals surface area contributed by atoms with Crippen molar-refractivity contribution in [3.63, 3.8) is 0 Å². The molecule has 7 nitrogen and oxygen atoms in total. The summed E-state index contributed by atoms with van der Waals surface area (Å²) in [5.74, 6) is -1.13. The maximum Gasteiger partial charge on any atom is 0.279 e. The molecule has 29 heavy (non-hydrogen) atoms. The maximum absolute atomic E-state index is 13.5. The van der Waals surface area contributed by atoms with Crippen LogP contribution in [0.5, 0.6) is 0 Å². The molecule has 9 heteroatoms. The number of amidine groups is 1. The molecule has 4 rings (SSSR count). The lowest BCUT2D eigenvalue weighted by molar-refractivity contribution is -0.129. The molecule has 0 bridgehead atoms. The van der Waals surface area contributed by atoms with E-state index < -0.39 is 11.7 Å². The zero-order chi connectivity index (χ0) is 20.4. The van der Waals surface area contributed by atoms with Crippen molar-refractivity contribution in [3.8, 4) is 11.3 Å². The highest BCUT2D eigenvalue weighted by molar-refractivity contribution is 8.14. The number of rotatable bonds is 3. The Balaban J connectivity index is 1.56. The summed E-state index contributed by atoms with van der Waals surface area (Å²) in [5, 5.41) is 8.06. The molecule has 0 saturated heterocycles. The second kappa shape index (κ2) is 7.88. The van der Waals surface area contributed by atoms with Crippen molar-refractivity contribution in [2.75, 3.05) is 0 Å². The molecule has 0 spiro atoms.